The molecule has 1 aliphatic carbocycles. The molecule has 1 fully saturated rings. The number of aliphatic hydroxyl groups excluding tert-OH is 1. The summed E-state index contributed by atoms with van der Waals surface area (Å²) in [6.07, 6.45) is 8.43. The number of aliphatic imine (C=N–C) groups is 1. The van der Waals surface area contributed by atoms with E-state index in [1.807, 2.05) is 16.9 Å². The minimum Gasteiger partial charge on any atom is -0.393 e. The minimum absolute atomic E-state index is 0.114. The molecule has 0 radical (unpaired) electrons. The first-order valence-corrected chi connectivity index (χ1v) is 7.98. The molecule has 118 valence electrons. The zero-order valence-corrected chi connectivity index (χ0v) is 12.8. The van der Waals surface area contributed by atoms with Crippen molar-refractivity contribution in [1.29, 1.82) is 0 Å². The van der Waals surface area contributed by atoms with E-state index in [-0.39, 0.29) is 6.10 Å². The lowest BCUT2D eigenvalue weighted by atomic mass is 9.93. The van der Waals surface area contributed by atoms with Gasteiger partial charge in [0.05, 0.1) is 6.10 Å². The molecule has 1 saturated carbocycles. The van der Waals surface area contributed by atoms with Crippen LogP contribution in [-0.4, -0.2) is 46.1 Å². The molecule has 0 amide bonds. The van der Waals surface area contributed by atoms with E-state index in [0.717, 1.165) is 57.7 Å². The zero-order chi connectivity index (χ0) is 14.9. The topological polar surface area (TPSA) is 74.5 Å². The van der Waals surface area contributed by atoms with Gasteiger partial charge in [-0.15, -0.1) is 0 Å². The Morgan fingerprint density at radius 2 is 2.19 bits per heavy atom. The lowest BCUT2D eigenvalue weighted by molar-refractivity contribution is 0.120. The fourth-order valence-electron chi connectivity index (χ4n) is 2.59. The lowest BCUT2D eigenvalue weighted by Gasteiger charge is -2.27. The van der Waals surface area contributed by atoms with E-state index in [9.17, 15) is 5.11 Å². The van der Waals surface area contributed by atoms with Gasteiger partial charge in [-0.2, -0.15) is 5.10 Å². The number of nitrogens with zero attached hydrogens (tertiary/aromatic N) is 3. The molecule has 2 rings (SSSR count). The van der Waals surface area contributed by atoms with Gasteiger partial charge in [-0.25, -0.2) is 0 Å². The molecule has 1 aromatic heterocycles. The predicted molar refractivity (Wildman–Crippen MR) is 84.2 cm³/mol. The monoisotopic (exact) mass is 293 g/mol. The molecular formula is C15H27N5O. The third-order valence-corrected chi connectivity index (χ3v) is 3.76. The van der Waals surface area contributed by atoms with E-state index in [0.29, 0.717) is 6.04 Å². The Labute approximate surface area is 126 Å². The Morgan fingerprint density at radius 3 is 2.86 bits per heavy atom. The predicted octanol–water partition coefficient (Wildman–Crippen LogP) is 1.13. The van der Waals surface area contributed by atoms with Crippen LogP contribution in [0.25, 0.3) is 0 Å². The highest BCUT2D eigenvalue weighted by atomic mass is 16.3. The van der Waals surface area contributed by atoms with Gasteiger partial charge in [-0.05, 0) is 45.1 Å². The molecule has 6 nitrogen and oxygen atoms in total. The Morgan fingerprint density at radius 1 is 1.38 bits per heavy atom. The van der Waals surface area contributed by atoms with Crippen molar-refractivity contribution in [3.8, 4) is 0 Å². The smallest absolute Gasteiger partial charge is 0.191 e. The molecule has 0 spiro atoms. The van der Waals surface area contributed by atoms with Crippen LogP contribution in [0, 0.1) is 0 Å². The van der Waals surface area contributed by atoms with Gasteiger partial charge in [0.2, 0.25) is 0 Å². The largest absolute Gasteiger partial charge is 0.393 e. The van der Waals surface area contributed by atoms with Gasteiger partial charge < -0.3 is 15.7 Å². The third-order valence-electron chi connectivity index (χ3n) is 3.76. The Balaban J connectivity index is 1.73. The third kappa shape index (κ3) is 5.75. The maximum Gasteiger partial charge on any atom is 0.191 e. The van der Waals surface area contributed by atoms with Crippen LogP contribution < -0.4 is 10.6 Å². The average Bonchev–Trinajstić information content (AvgIpc) is 2.99. The van der Waals surface area contributed by atoms with Crippen LogP contribution in [0.5, 0.6) is 0 Å². The number of hydrogen-bond acceptors (Lipinski definition) is 3. The number of rotatable bonds is 6. The molecular weight excluding hydrogens is 266 g/mol. The summed E-state index contributed by atoms with van der Waals surface area (Å²) in [5.41, 5.74) is 0. The number of nitrogens with one attached hydrogen (secondary N) is 2. The van der Waals surface area contributed by atoms with Gasteiger partial charge in [0.15, 0.2) is 5.96 Å². The van der Waals surface area contributed by atoms with Gasteiger partial charge in [0.1, 0.15) is 0 Å². The second-order valence-corrected chi connectivity index (χ2v) is 5.53. The molecule has 0 aliphatic heterocycles. The second kappa shape index (κ2) is 8.67. The average molecular weight is 293 g/mol. The van der Waals surface area contributed by atoms with E-state index in [1.165, 1.54) is 0 Å². The molecule has 21 heavy (non-hydrogen) atoms. The molecule has 3 N–H and O–H groups in total. The molecule has 6 heteroatoms. The van der Waals surface area contributed by atoms with Crippen LogP contribution in [0.4, 0.5) is 0 Å². The van der Waals surface area contributed by atoms with E-state index in [2.05, 4.69) is 27.6 Å². The molecule has 0 saturated heterocycles. The maximum atomic E-state index is 9.55. The zero-order valence-electron chi connectivity index (χ0n) is 12.8. The molecule has 0 aromatic carbocycles. The summed E-state index contributed by atoms with van der Waals surface area (Å²) in [5, 5.41) is 20.5. The summed E-state index contributed by atoms with van der Waals surface area (Å²) < 4.78 is 1.93. The molecule has 1 aromatic rings. The Bertz CT molecular complexity index is 410. The van der Waals surface area contributed by atoms with Crippen molar-refractivity contribution in [1.82, 2.24) is 20.4 Å². The van der Waals surface area contributed by atoms with Crippen LogP contribution in [0.1, 0.15) is 39.0 Å². The second-order valence-electron chi connectivity index (χ2n) is 5.53. The van der Waals surface area contributed by atoms with Gasteiger partial charge >= 0.3 is 0 Å². The fraction of sp³-hybridized carbons (Fsp3) is 0.733. The van der Waals surface area contributed by atoms with Crippen molar-refractivity contribution in [3.63, 3.8) is 0 Å². The number of aromatic nitrogens is 2. The first-order valence-electron chi connectivity index (χ1n) is 7.98. The van der Waals surface area contributed by atoms with Gasteiger partial charge in [-0.1, -0.05) is 0 Å². The van der Waals surface area contributed by atoms with E-state index < -0.39 is 0 Å². The van der Waals surface area contributed by atoms with E-state index in [1.54, 1.807) is 6.20 Å². The standard InChI is InChI=1S/C15H27N5O/c1-2-16-15(19-13-5-7-14(21)8-6-13)17-9-3-11-20-12-4-10-18-20/h4,10,12-14,21H,2-3,5-9,11H2,1H3,(H2,16,17,19). The highest BCUT2D eigenvalue weighted by Crippen LogP contribution is 2.18. The summed E-state index contributed by atoms with van der Waals surface area (Å²) in [4.78, 5) is 4.62. The molecule has 1 heterocycles. The Kier molecular flexibility index (Phi) is 6.53. The molecule has 0 unspecified atom stereocenters. The lowest BCUT2D eigenvalue weighted by Crippen LogP contribution is -2.45. The molecule has 0 atom stereocenters. The summed E-state index contributed by atoms with van der Waals surface area (Å²) in [5.74, 6) is 0.888. The van der Waals surface area contributed by atoms with Crippen LogP contribution in [0.2, 0.25) is 0 Å². The number of guanidine groups is 1. The van der Waals surface area contributed by atoms with Crippen molar-refractivity contribution in [2.45, 2.75) is 57.7 Å². The van der Waals surface area contributed by atoms with Gasteiger partial charge in [-0.3, -0.25) is 9.67 Å². The summed E-state index contributed by atoms with van der Waals surface area (Å²) >= 11 is 0. The van der Waals surface area contributed by atoms with E-state index >= 15 is 0 Å². The van der Waals surface area contributed by atoms with Crippen LogP contribution in [0.3, 0.4) is 0 Å². The van der Waals surface area contributed by atoms with Gasteiger partial charge in [0, 0.05) is 38.1 Å². The van der Waals surface area contributed by atoms with Crippen molar-refractivity contribution < 1.29 is 5.11 Å². The van der Waals surface area contributed by atoms with Crippen LogP contribution >= 0.6 is 0 Å². The van der Waals surface area contributed by atoms with Crippen LogP contribution in [0.15, 0.2) is 23.5 Å². The fourth-order valence-corrected chi connectivity index (χ4v) is 2.59. The van der Waals surface area contributed by atoms with Crippen molar-refractivity contribution in [3.05, 3.63) is 18.5 Å². The number of aliphatic hydroxyl groups is 1. The van der Waals surface area contributed by atoms with Gasteiger partial charge in [0.25, 0.3) is 0 Å². The normalized spacial score (nSPS) is 23.0. The van der Waals surface area contributed by atoms with Crippen molar-refractivity contribution in [2.24, 2.45) is 4.99 Å². The maximum absolute atomic E-state index is 9.55. The quantitative estimate of drug-likeness (QED) is 0.417. The summed E-state index contributed by atoms with van der Waals surface area (Å²) in [6.45, 7) is 4.61. The first kappa shape index (κ1) is 15.8. The Hall–Kier alpha value is -1.56. The summed E-state index contributed by atoms with van der Waals surface area (Å²) in [6, 6.07) is 2.36. The SMILES string of the molecule is CCNC(=NCCCn1cccn1)NC1CCC(O)CC1. The number of hydrogen-bond donors (Lipinski definition) is 3. The number of aryl methyl sites for hydroxylation is 1. The highest BCUT2D eigenvalue weighted by molar-refractivity contribution is 5.80. The van der Waals surface area contributed by atoms with Crippen molar-refractivity contribution in [2.75, 3.05) is 13.1 Å². The molecule has 0 bridgehead atoms. The first-order chi connectivity index (χ1) is 10.3. The van der Waals surface area contributed by atoms with Crippen molar-refractivity contribution >= 4 is 5.96 Å². The highest BCUT2D eigenvalue weighted by Gasteiger charge is 2.19. The molecule has 1 aliphatic rings. The van der Waals surface area contributed by atoms with Crippen LogP contribution in [-0.2, 0) is 6.54 Å². The summed E-state index contributed by atoms with van der Waals surface area (Å²) in [7, 11) is 0. The minimum atomic E-state index is -0.114. The van der Waals surface area contributed by atoms with E-state index in [4.69, 9.17) is 0 Å².